The van der Waals surface area contributed by atoms with Gasteiger partial charge in [0.15, 0.2) is 0 Å². The lowest BCUT2D eigenvalue weighted by atomic mass is 9.70. The highest BCUT2D eigenvalue weighted by molar-refractivity contribution is 5.88. The van der Waals surface area contributed by atoms with E-state index in [1.165, 1.54) is 16.5 Å². The molecule has 6 nitrogen and oxygen atoms in total. The number of aromatic nitrogens is 1. The molecule has 0 spiro atoms. The number of piperidine rings is 2. The molecule has 4 atom stereocenters. The summed E-state index contributed by atoms with van der Waals surface area (Å²) < 4.78 is 12.0. The molecule has 2 aliphatic heterocycles. The third kappa shape index (κ3) is 3.81. The van der Waals surface area contributed by atoms with Crippen molar-refractivity contribution < 1.29 is 19.4 Å². The van der Waals surface area contributed by atoms with Crippen molar-refractivity contribution in [2.45, 2.75) is 57.8 Å². The summed E-state index contributed by atoms with van der Waals surface area (Å²) in [5, 5.41) is 10.6. The minimum atomic E-state index is -0.894. The molecule has 1 aliphatic carbocycles. The number of benzene rings is 2. The summed E-state index contributed by atoms with van der Waals surface area (Å²) in [6.07, 6.45) is 5.55. The van der Waals surface area contributed by atoms with Gasteiger partial charge in [-0.3, -0.25) is 4.90 Å². The molecule has 3 aromatic rings. The normalized spacial score (nSPS) is 24.9. The molecule has 6 heteroatoms. The molecular formula is C27H32N2O4. The molecule has 2 aromatic carbocycles. The lowest BCUT2D eigenvalue weighted by Crippen LogP contribution is -2.56. The Morgan fingerprint density at radius 2 is 2.00 bits per heavy atom. The van der Waals surface area contributed by atoms with Crippen LogP contribution in [0.4, 0.5) is 0 Å². The predicted octanol–water partition coefficient (Wildman–Crippen LogP) is 5.31. The van der Waals surface area contributed by atoms with E-state index in [0.717, 1.165) is 42.6 Å². The van der Waals surface area contributed by atoms with Crippen LogP contribution >= 0.6 is 0 Å². The SMILES string of the molecule is CCO[C@H]1CC2CCC1[C@@H](c1ccc(C(=O)O)cc1)N2Cc1c(OC)cc(C)c2[nH]ccc12. The topological polar surface area (TPSA) is 74.8 Å². The lowest BCUT2D eigenvalue weighted by Gasteiger charge is -2.55. The number of hydrogen-bond donors (Lipinski definition) is 2. The van der Waals surface area contributed by atoms with Crippen molar-refractivity contribution in [2.24, 2.45) is 5.92 Å². The first kappa shape index (κ1) is 22.0. The number of methoxy groups -OCH3 is 1. The highest BCUT2D eigenvalue weighted by Gasteiger charge is 2.48. The van der Waals surface area contributed by atoms with Crippen molar-refractivity contribution in [2.75, 3.05) is 13.7 Å². The van der Waals surface area contributed by atoms with Crippen LogP contribution in [-0.4, -0.2) is 46.8 Å². The zero-order chi connectivity index (χ0) is 23.1. The van der Waals surface area contributed by atoms with Crippen molar-refractivity contribution >= 4 is 16.9 Å². The molecule has 0 radical (unpaired) electrons. The third-order valence-corrected chi connectivity index (χ3v) is 7.60. The van der Waals surface area contributed by atoms with E-state index in [1.807, 2.05) is 18.3 Å². The van der Waals surface area contributed by atoms with E-state index in [9.17, 15) is 9.90 Å². The summed E-state index contributed by atoms with van der Waals surface area (Å²) in [5.41, 5.74) is 5.01. The minimum Gasteiger partial charge on any atom is -0.496 e. The number of carboxylic acid groups (broad SMARTS) is 1. The average molecular weight is 449 g/mol. The molecule has 3 fully saturated rings. The lowest BCUT2D eigenvalue weighted by molar-refractivity contribution is -0.121. The zero-order valence-corrected chi connectivity index (χ0v) is 19.5. The predicted molar refractivity (Wildman–Crippen MR) is 128 cm³/mol. The Hall–Kier alpha value is -2.83. The van der Waals surface area contributed by atoms with Gasteiger partial charge in [0, 0.05) is 53.8 Å². The van der Waals surface area contributed by atoms with Gasteiger partial charge in [0.05, 0.1) is 18.8 Å². The van der Waals surface area contributed by atoms with Gasteiger partial charge in [0.25, 0.3) is 0 Å². The number of rotatable bonds is 7. The minimum absolute atomic E-state index is 0.178. The largest absolute Gasteiger partial charge is 0.496 e. The molecule has 1 aromatic heterocycles. The molecular weight excluding hydrogens is 416 g/mol. The van der Waals surface area contributed by atoms with Gasteiger partial charge in [-0.1, -0.05) is 12.1 Å². The molecule has 3 aliphatic rings. The molecule has 2 saturated heterocycles. The Bertz CT molecular complexity index is 1150. The van der Waals surface area contributed by atoms with Gasteiger partial charge in [-0.25, -0.2) is 4.79 Å². The number of carbonyl (C=O) groups is 1. The molecule has 0 amide bonds. The highest BCUT2D eigenvalue weighted by Crippen LogP contribution is 2.50. The summed E-state index contributed by atoms with van der Waals surface area (Å²) in [6.45, 7) is 5.67. The van der Waals surface area contributed by atoms with Crippen LogP contribution in [0.3, 0.4) is 0 Å². The number of carboxylic acids is 1. The quantitative estimate of drug-likeness (QED) is 0.512. The Labute approximate surface area is 194 Å². The molecule has 174 valence electrons. The van der Waals surface area contributed by atoms with Crippen LogP contribution in [0.15, 0.2) is 42.6 Å². The highest BCUT2D eigenvalue weighted by atomic mass is 16.5. The Morgan fingerprint density at radius 3 is 2.70 bits per heavy atom. The number of aryl methyl sites for hydroxylation is 1. The summed E-state index contributed by atoms with van der Waals surface area (Å²) in [6, 6.07) is 12.3. The van der Waals surface area contributed by atoms with Crippen molar-refractivity contribution in [1.82, 2.24) is 9.88 Å². The molecule has 33 heavy (non-hydrogen) atoms. The summed E-state index contributed by atoms with van der Waals surface area (Å²) in [7, 11) is 1.74. The van der Waals surface area contributed by atoms with Crippen molar-refractivity contribution in [3.05, 3.63) is 64.8 Å². The molecule has 2 N–H and O–H groups in total. The first-order valence-electron chi connectivity index (χ1n) is 11.9. The van der Waals surface area contributed by atoms with E-state index >= 15 is 0 Å². The van der Waals surface area contributed by atoms with Gasteiger partial charge in [-0.2, -0.15) is 0 Å². The van der Waals surface area contributed by atoms with Crippen LogP contribution in [0.25, 0.3) is 10.9 Å². The van der Waals surface area contributed by atoms with Crippen molar-refractivity contribution in [3.8, 4) is 5.75 Å². The second-order valence-electron chi connectivity index (χ2n) is 9.31. The van der Waals surface area contributed by atoms with Crippen LogP contribution in [0.5, 0.6) is 5.75 Å². The molecule has 6 rings (SSSR count). The third-order valence-electron chi connectivity index (χ3n) is 7.60. The second-order valence-corrected chi connectivity index (χ2v) is 9.31. The number of fused-ring (bicyclic) bond motifs is 4. The maximum Gasteiger partial charge on any atom is 0.335 e. The Balaban J connectivity index is 1.57. The van der Waals surface area contributed by atoms with Crippen LogP contribution in [0.1, 0.15) is 59.3 Å². The fraction of sp³-hybridized carbons (Fsp3) is 0.444. The van der Waals surface area contributed by atoms with Gasteiger partial charge in [0.1, 0.15) is 5.75 Å². The number of aromatic amines is 1. The van der Waals surface area contributed by atoms with E-state index < -0.39 is 5.97 Å². The fourth-order valence-corrected chi connectivity index (χ4v) is 6.13. The van der Waals surface area contributed by atoms with Gasteiger partial charge >= 0.3 is 5.97 Å². The van der Waals surface area contributed by atoms with Gasteiger partial charge in [0.2, 0.25) is 0 Å². The van der Waals surface area contributed by atoms with Crippen LogP contribution in [-0.2, 0) is 11.3 Å². The van der Waals surface area contributed by atoms with Crippen molar-refractivity contribution in [1.29, 1.82) is 0 Å². The maximum absolute atomic E-state index is 11.4. The first-order chi connectivity index (χ1) is 16.0. The average Bonchev–Trinajstić information content (AvgIpc) is 3.32. The smallest absolute Gasteiger partial charge is 0.335 e. The van der Waals surface area contributed by atoms with E-state index in [1.54, 1.807) is 19.2 Å². The standard InChI is InChI=1S/C27H32N2O4/c1-4-33-24-14-19-9-10-21(24)26(17-5-7-18(8-6-17)27(30)31)29(19)15-22-20-11-12-28-25(20)16(2)13-23(22)32-3/h5-8,11-13,19,21,24,26,28H,4,9-10,14-15H2,1-3H3,(H,30,31)/t19?,21?,24-,26+/m0/s1. The fourth-order valence-electron chi connectivity index (χ4n) is 6.13. The summed E-state index contributed by atoms with van der Waals surface area (Å²) in [5.74, 6) is 0.404. The van der Waals surface area contributed by atoms with E-state index in [4.69, 9.17) is 9.47 Å². The van der Waals surface area contributed by atoms with Crippen molar-refractivity contribution in [3.63, 3.8) is 0 Å². The molecule has 2 bridgehead atoms. The summed E-state index contributed by atoms with van der Waals surface area (Å²) in [4.78, 5) is 17.4. The number of aromatic carboxylic acids is 1. The molecule has 2 unspecified atom stereocenters. The van der Waals surface area contributed by atoms with Crippen LogP contribution in [0.2, 0.25) is 0 Å². The molecule has 3 heterocycles. The van der Waals surface area contributed by atoms with Gasteiger partial charge < -0.3 is 19.6 Å². The van der Waals surface area contributed by atoms with E-state index in [0.29, 0.717) is 24.1 Å². The van der Waals surface area contributed by atoms with Crippen LogP contribution in [0, 0.1) is 12.8 Å². The number of hydrogen-bond acceptors (Lipinski definition) is 4. The number of nitrogens with one attached hydrogen (secondary N) is 1. The Morgan fingerprint density at radius 1 is 1.21 bits per heavy atom. The number of H-pyrrole nitrogens is 1. The zero-order valence-electron chi connectivity index (χ0n) is 19.5. The summed E-state index contributed by atoms with van der Waals surface area (Å²) >= 11 is 0. The first-order valence-corrected chi connectivity index (χ1v) is 11.9. The van der Waals surface area contributed by atoms with Gasteiger partial charge in [-0.15, -0.1) is 0 Å². The van der Waals surface area contributed by atoms with Gasteiger partial charge in [-0.05, 0) is 68.5 Å². The number of ether oxygens (including phenoxy) is 2. The van der Waals surface area contributed by atoms with E-state index in [-0.39, 0.29) is 12.1 Å². The molecule has 1 saturated carbocycles. The van der Waals surface area contributed by atoms with E-state index in [2.05, 4.69) is 35.9 Å². The Kier molecular flexibility index (Phi) is 5.89. The monoisotopic (exact) mass is 448 g/mol. The second kappa shape index (κ2) is 8.84. The van der Waals surface area contributed by atoms with Crippen LogP contribution < -0.4 is 4.74 Å². The maximum atomic E-state index is 11.4. The number of nitrogens with zero attached hydrogens (tertiary/aromatic N) is 1.